The van der Waals surface area contributed by atoms with Crippen molar-refractivity contribution in [1.82, 2.24) is 24.5 Å². The molecule has 276 valence electrons. The fraction of sp³-hybridized carbons (Fsp3) is 0. The first-order valence-electron chi connectivity index (χ1n) is 19.8. The zero-order valence-corrected chi connectivity index (χ0v) is 31.9. The zero-order chi connectivity index (χ0) is 39.1. The molecule has 59 heavy (non-hydrogen) atoms. The molecule has 11 aromatic rings. The van der Waals surface area contributed by atoms with Crippen molar-refractivity contribution in [3.63, 3.8) is 0 Å². The third-order valence-electron chi connectivity index (χ3n) is 11.1. The second-order valence-corrected chi connectivity index (χ2v) is 14.7. The number of nitrogens with zero attached hydrogens (tertiary/aromatic N) is 5. The van der Waals surface area contributed by atoms with E-state index >= 15 is 0 Å². The molecule has 0 fully saturated rings. The summed E-state index contributed by atoms with van der Waals surface area (Å²) in [6.07, 6.45) is 1.87. The van der Waals surface area contributed by atoms with Crippen molar-refractivity contribution >= 4 is 32.7 Å². The number of rotatable bonds is 7. The van der Waals surface area contributed by atoms with Gasteiger partial charge in [-0.1, -0.05) is 170 Å². The molecule has 11 rings (SSSR count). The number of benzene rings is 8. The first-order chi connectivity index (χ1) is 29.2. The van der Waals surface area contributed by atoms with Crippen LogP contribution in [-0.4, -0.2) is 24.5 Å². The number of hydrogen-bond donors (Lipinski definition) is 0. The van der Waals surface area contributed by atoms with Crippen molar-refractivity contribution in [2.24, 2.45) is 0 Å². The molecule has 0 aliphatic heterocycles. The Labute approximate surface area is 341 Å². The maximum atomic E-state index is 5.40. The van der Waals surface area contributed by atoms with E-state index in [0.29, 0.717) is 5.82 Å². The molecule has 0 aliphatic rings. The number of hydrogen-bond acceptors (Lipinski definition) is 4. The van der Waals surface area contributed by atoms with Gasteiger partial charge in [-0.2, -0.15) is 0 Å². The van der Waals surface area contributed by atoms with E-state index in [1.807, 2.05) is 42.6 Å². The maximum absolute atomic E-state index is 5.40. The van der Waals surface area contributed by atoms with Gasteiger partial charge in [-0.05, 0) is 58.7 Å². The highest BCUT2D eigenvalue weighted by molar-refractivity contribution is 6.23. The Morgan fingerprint density at radius 2 is 0.847 bits per heavy atom. The highest BCUT2D eigenvalue weighted by atomic mass is 15.1. The normalized spacial score (nSPS) is 11.4. The van der Waals surface area contributed by atoms with Crippen LogP contribution < -0.4 is 0 Å². The monoisotopic (exact) mass is 753 g/mol. The molecular weight excluding hydrogens is 719 g/mol. The van der Waals surface area contributed by atoms with Crippen LogP contribution >= 0.6 is 0 Å². The van der Waals surface area contributed by atoms with E-state index in [1.165, 1.54) is 11.1 Å². The number of fused-ring (bicyclic) bond motifs is 6. The molecule has 0 N–H and O–H groups in total. The smallest absolute Gasteiger partial charge is 0.160 e. The largest absolute Gasteiger partial charge is 0.292 e. The summed E-state index contributed by atoms with van der Waals surface area (Å²) in [5.41, 5.74) is 14.3. The lowest BCUT2D eigenvalue weighted by Gasteiger charge is -2.14. The van der Waals surface area contributed by atoms with Gasteiger partial charge < -0.3 is 0 Å². The summed E-state index contributed by atoms with van der Waals surface area (Å²) in [5.74, 6) is 1.57. The first-order valence-corrected chi connectivity index (χ1v) is 19.8. The Kier molecular flexibility index (Phi) is 8.41. The molecule has 3 aromatic heterocycles. The third kappa shape index (κ3) is 6.22. The lowest BCUT2D eigenvalue weighted by molar-refractivity contribution is 1.11. The number of imidazole rings is 1. The van der Waals surface area contributed by atoms with Crippen molar-refractivity contribution in [1.29, 1.82) is 0 Å². The Morgan fingerprint density at radius 1 is 0.322 bits per heavy atom. The Hall–Kier alpha value is -8.02. The van der Waals surface area contributed by atoms with Gasteiger partial charge in [0.2, 0.25) is 0 Å². The van der Waals surface area contributed by atoms with Crippen LogP contribution in [0.15, 0.2) is 212 Å². The van der Waals surface area contributed by atoms with E-state index < -0.39 is 0 Å². The Bertz CT molecular complexity index is 3300. The molecule has 0 saturated carbocycles. The van der Waals surface area contributed by atoms with Gasteiger partial charge in [0.1, 0.15) is 5.82 Å². The fourth-order valence-corrected chi connectivity index (χ4v) is 8.20. The Morgan fingerprint density at radius 3 is 1.58 bits per heavy atom. The predicted molar refractivity (Wildman–Crippen MR) is 242 cm³/mol. The SMILES string of the molecule is c1ccc(-c2ccc(-c3cc(-c4cccc(-c5cccc(-n6c(-c7ccccc7)nc7c8ccccc8c8ncccc8c76)c5)c4)nc(-c4ccccc4)n3)cc2)cc1. The van der Waals surface area contributed by atoms with Crippen LogP contribution in [0.2, 0.25) is 0 Å². The summed E-state index contributed by atoms with van der Waals surface area (Å²) in [6.45, 7) is 0. The van der Waals surface area contributed by atoms with Gasteiger partial charge in [0.05, 0.1) is 27.9 Å². The van der Waals surface area contributed by atoms with Crippen molar-refractivity contribution in [2.45, 2.75) is 0 Å². The van der Waals surface area contributed by atoms with Crippen molar-refractivity contribution in [2.75, 3.05) is 0 Å². The van der Waals surface area contributed by atoms with Crippen LogP contribution in [0.4, 0.5) is 0 Å². The first kappa shape index (κ1) is 34.2. The van der Waals surface area contributed by atoms with Crippen LogP contribution in [0.3, 0.4) is 0 Å². The maximum Gasteiger partial charge on any atom is 0.160 e. The summed E-state index contributed by atoms with van der Waals surface area (Å²) in [5, 5.41) is 3.24. The molecule has 0 saturated heterocycles. The third-order valence-corrected chi connectivity index (χ3v) is 11.1. The van der Waals surface area contributed by atoms with Gasteiger partial charge >= 0.3 is 0 Å². The minimum Gasteiger partial charge on any atom is -0.292 e. The molecule has 0 radical (unpaired) electrons. The van der Waals surface area contributed by atoms with E-state index in [0.717, 1.165) is 89.0 Å². The van der Waals surface area contributed by atoms with Gasteiger partial charge in [0.15, 0.2) is 5.82 Å². The molecule has 0 spiro atoms. The molecule has 0 unspecified atom stereocenters. The highest BCUT2D eigenvalue weighted by Gasteiger charge is 2.21. The van der Waals surface area contributed by atoms with Gasteiger partial charge in [-0.3, -0.25) is 9.55 Å². The van der Waals surface area contributed by atoms with E-state index in [4.69, 9.17) is 19.9 Å². The summed E-state index contributed by atoms with van der Waals surface area (Å²) in [7, 11) is 0. The lowest BCUT2D eigenvalue weighted by Crippen LogP contribution is -1.99. The average Bonchev–Trinajstić information content (AvgIpc) is 3.74. The van der Waals surface area contributed by atoms with E-state index in [-0.39, 0.29) is 0 Å². The van der Waals surface area contributed by atoms with E-state index in [2.05, 4.69) is 174 Å². The van der Waals surface area contributed by atoms with Crippen molar-refractivity contribution in [3.05, 3.63) is 212 Å². The van der Waals surface area contributed by atoms with E-state index in [1.54, 1.807) is 0 Å². The van der Waals surface area contributed by atoms with E-state index in [9.17, 15) is 0 Å². The van der Waals surface area contributed by atoms with Gasteiger partial charge in [0, 0.05) is 50.3 Å². The molecule has 5 heteroatoms. The molecule has 0 amide bonds. The number of aromatic nitrogens is 5. The molecule has 3 heterocycles. The molecule has 0 bridgehead atoms. The Balaban J connectivity index is 1.05. The lowest BCUT2D eigenvalue weighted by atomic mass is 9.99. The van der Waals surface area contributed by atoms with Crippen LogP contribution in [0.1, 0.15) is 0 Å². The molecule has 8 aromatic carbocycles. The summed E-state index contributed by atoms with van der Waals surface area (Å²) in [6, 6.07) is 71.8. The molecule has 5 nitrogen and oxygen atoms in total. The van der Waals surface area contributed by atoms with Gasteiger partial charge in [-0.25, -0.2) is 15.0 Å². The summed E-state index contributed by atoms with van der Waals surface area (Å²) in [4.78, 5) is 20.6. The fourth-order valence-electron chi connectivity index (χ4n) is 8.20. The minimum absolute atomic E-state index is 0.687. The second-order valence-electron chi connectivity index (χ2n) is 14.7. The summed E-state index contributed by atoms with van der Waals surface area (Å²) < 4.78 is 2.31. The summed E-state index contributed by atoms with van der Waals surface area (Å²) >= 11 is 0. The quantitative estimate of drug-likeness (QED) is 0.152. The molecule has 0 aliphatic carbocycles. The van der Waals surface area contributed by atoms with Crippen LogP contribution in [0.5, 0.6) is 0 Å². The van der Waals surface area contributed by atoms with Crippen molar-refractivity contribution in [3.8, 4) is 73.2 Å². The second kappa shape index (κ2) is 14.5. The van der Waals surface area contributed by atoms with Crippen molar-refractivity contribution < 1.29 is 0 Å². The van der Waals surface area contributed by atoms with Crippen LogP contribution in [0, 0.1) is 0 Å². The van der Waals surface area contributed by atoms with Gasteiger partial charge in [0.25, 0.3) is 0 Å². The molecular formula is C54H35N5. The topological polar surface area (TPSA) is 56.5 Å². The van der Waals surface area contributed by atoms with Crippen LogP contribution in [-0.2, 0) is 0 Å². The highest BCUT2D eigenvalue weighted by Crippen LogP contribution is 2.39. The minimum atomic E-state index is 0.687. The standard InChI is InChI=1S/C54H35N5/c1-4-15-36(16-5-1)37-28-30-38(31-29-37)48-35-49(57-53(56-48)39-17-6-2-7-18-39)43-23-12-21-41(33-43)42-22-13-24-44(34-42)59-52-47-27-14-32-55-50(47)45-25-10-11-26-46(45)51(52)58-54(59)40-19-8-3-9-20-40/h1-35H. The average molecular weight is 754 g/mol. The predicted octanol–water partition coefficient (Wildman–Crippen LogP) is 13.5. The number of pyridine rings is 1. The zero-order valence-electron chi connectivity index (χ0n) is 31.9. The molecule has 0 atom stereocenters. The van der Waals surface area contributed by atoms with Gasteiger partial charge in [-0.15, -0.1) is 0 Å². The van der Waals surface area contributed by atoms with Crippen LogP contribution in [0.25, 0.3) is 106 Å².